The number of sulfonamides is 1. The number of benzene rings is 1. The van der Waals surface area contributed by atoms with Crippen molar-refractivity contribution in [3.05, 3.63) is 58.4 Å². The second-order valence-corrected chi connectivity index (χ2v) is 13.0. The summed E-state index contributed by atoms with van der Waals surface area (Å²) < 4.78 is 27.8. The van der Waals surface area contributed by atoms with Crippen molar-refractivity contribution in [3.63, 3.8) is 0 Å². The van der Waals surface area contributed by atoms with E-state index in [4.69, 9.17) is 16.6 Å². The molecule has 2 aliphatic heterocycles. The zero-order chi connectivity index (χ0) is 26.0. The van der Waals surface area contributed by atoms with Gasteiger partial charge in [0.25, 0.3) is 5.91 Å². The first-order chi connectivity index (χ1) is 17.8. The van der Waals surface area contributed by atoms with Crippen LogP contribution in [0.1, 0.15) is 72.6 Å². The first-order valence-corrected chi connectivity index (χ1v) is 15.4. The highest BCUT2D eigenvalue weighted by atomic mass is 35.5. The highest BCUT2D eigenvalue weighted by Crippen LogP contribution is 2.33. The van der Waals surface area contributed by atoms with Crippen molar-refractivity contribution in [2.24, 2.45) is 0 Å². The molecule has 7 nitrogen and oxygen atoms in total. The first kappa shape index (κ1) is 26.6. The van der Waals surface area contributed by atoms with Crippen molar-refractivity contribution >= 4 is 27.5 Å². The molecule has 3 fully saturated rings. The van der Waals surface area contributed by atoms with Gasteiger partial charge >= 0.3 is 0 Å². The monoisotopic (exact) mass is 544 g/mol. The molecule has 0 spiro atoms. The van der Waals surface area contributed by atoms with Crippen molar-refractivity contribution in [2.75, 3.05) is 39.3 Å². The number of nitrogens with zero attached hydrogens (tertiary/aromatic N) is 4. The van der Waals surface area contributed by atoms with Gasteiger partial charge in [0, 0.05) is 61.9 Å². The van der Waals surface area contributed by atoms with E-state index < -0.39 is 10.0 Å². The molecule has 3 heterocycles. The molecular weight excluding hydrogens is 508 g/mol. The summed E-state index contributed by atoms with van der Waals surface area (Å²) in [5.41, 5.74) is 2.38. The molecule has 0 atom stereocenters. The third-order valence-electron chi connectivity index (χ3n) is 8.28. The minimum atomic E-state index is -3.58. The summed E-state index contributed by atoms with van der Waals surface area (Å²) >= 11 is 5.94. The van der Waals surface area contributed by atoms with Crippen LogP contribution in [0.2, 0.25) is 5.02 Å². The fraction of sp³-hybridized carbons (Fsp3) is 0.571. The second-order valence-electron chi connectivity index (χ2n) is 10.6. The predicted molar refractivity (Wildman–Crippen MR) is 146 cm³/mol. The lowest BCUT2D eigenvalue weighted by molar-refractivity contribution is 0.0521. The standard InChI is InChI=1S/C28H37ClN4O3S/c1-21-7-12-26(28(34)32-19-17-31(18-20-32)24-5-3-2-4-6-24)27(30-21)22-13-15-33(16-14-22)37(35,36)25-10-8-23(29)9-11-25/h7-12,22,24H,2-6,13-20H2,1H3. The maximum atomic E-state index is 13.6. The van der Waals surface area contributed by atoms with E-state index in [1.807, 2.05) is 24.0 Å². The Morgan fingerprint density at radius 3 is 2.16 bits per heavy atom. The second kappa shape index (κ2) is 11.4. The molecule has 5 rings (SSSR count). The Hall–Kier alpha value is -2.00. The Bertz CT molecular complexity index is 1200. The van der Waals surface area contributed by atoms with Gasteiger partial charge in [-0.15, -0.1) is 0 Å². The van der Waals surface area contributed by atoms with Crippen LogP contribution in [0.5, 0.6) is 0 Å². The van der Waals surface area contributed by atoms with E-state index in [1.54, 1.807) is 24.3 Å². The lowest BCUT2D eigenvalue weighted by Crippen LogP contribution is -2.52. The van der Waals surface area contributed by atoms with Crippen LogP contribution < -0.4 is 0 Å². The number of hydrogen-bond donors (Lipinski definition) is 0. The average Bonchev–Trinajstić information content (AvgIpc) is 2.93. The molecule has 1 saturated carbocycles. The van der Waals surface area contributed by atoms with Crippen LogP contribution in [0.25, 0.3) is 0 Å². The summed E-state index contributed by atoms with van der Waals surface area (Å²) in [5.74, 6) is 0.112. The van der Waals surface area contributed by atoms with E-state index >= 15 is 0 Å². The number of piperazine rings is 1. The maximum Gasteiger partial charge on any atom is 0.255 e. The summed E-state index contributed by atoms with van der Waals surface area (Å²) in [6.45, 7) is 6.12. The Labute approximate surface area is 225 Å². The summed E-state index contributed by atoms with van der Waals surface area (Å²) in [6, 6.07) is 10.8. The quantitative estimate of drug-likeness (QED) is 0.545. The third kappa shape index (κ3) is 5.87. The smallest absolute Gasteiger partial charge is 0.255 e. The average molecular weight is 545 g/mol. The van der Waals surface area contributed by atoms with Gasteiger partial charge in [0.1, 0.15) is 0 Å². The van der Waals surface area contributed by atoms with Gasteiger partial charge < -0.3 is 4.90 Å². The number of aryl methyl sites for hydroxylation is 1. The Morgan fingerprint density at radius 2 is 1.51 bits per heavy atom. The van der Waals surface area contributed by atoms with Crippen LogP contribution in [-0.4, -0.2) is 78.7 Å². The van der Waals surface area contributed by atoms with Crippen LogP contribution in [0.4, 0.5) is 0 Å². The Morgan fingerprint density at radius 1 is 0.865 bits per heavy atom. The zero-order valence-corrected chi connectivity index (χ0v) is 23.2. The Kier molecular flexibility index (Phi) is 8.19. The topological polar surface area (TPSA) is 73.8 Å². The third-order valence-corrected chi connectivity index (χ3v) is 10.4. The zero-order valence-electron chi connectivity index (χ0n) is 21.6. The first-order valence-electron chi connectivity index (χ1n) is 13.6. The molecule has 2 aromatic rings. The van der Waals surface area contributed by atoms with E-state index in [-0.39, 0.29) is 16.7 Å². The molecule has 9 heteroatoms. The normalized spacial score (nSPS) is 21.3. The number of amides is 1. The van der Waals surface area contributed by atoms with Gasteiger partial charge in [-0.3, -0.25) is 14.7 Å². The van der Waals surface area contributed by atoms with Gasteiger partial charge in [-0.1, -0.05) is 30.9 Å². The lowest BCUT2D eigenvalue weighted by Gasteiger charge is -2.41. The lowest BCUT2D eigenvalue weighted by atomic mass is 9.90. The summed E-state index contributed by atoms with van der Waals surface area (Å²) in [4.78, 5) is 23.3. The number of hydrogen-bond acceptors (Lipinski definition) is 5. The van der Waals surface area contributed by atoms with Crippen molar-refractivity contribution in [3.8, 4) is 0 Å². The fourth-order valence-corrected chi connectivity index (χ4v) is 7.70. The van der Waals surface area contributed by atoms with Gasteiger partial charge in [0.05, 0.1) is 16.2 Å². The van der Waals surface area contributed by atoms with Crippen LogP contribution in [0.3, 0.4) is 0 Å². The number of carbonyl (C=O) groups excluding carboxylic acids is 1. The highest BCUT2D eigenvalue weighted by molar-refractivity contribution is 7.89. The molecule has 1 aliphatic carbocycles. The molecule has 0 bridgehead atoms. The van der Waals surface area contributed by atoms with Crippen LogP contribution in [0.15, 0.2) is 41.3 Å². The highest BCUT2D eigenvalue weighted by Gasteiger charge is 2.34. The van der Waals surface area contributed by atoms with Gasteiger partial charge in [0.2, 0.25) is 10.0 Å². The molecule has 1 aromatic carbocycles. The van der Waals surface area contributed by atoms with Gasteiger partial charge in [-0.25, -0.2) is 8.42 Å². The molecule has 1 amide bonds. The Balaban J connectivity index is 1.25. The number of pyridine rings is 1. The predicted octanol–water partition coefficient (Wildman–Crippen LogP) is 4.70. The molecule has 1 aromatic heterocycles. The molecule has 0 unspecified atom stereocenters. The van der Waals surface area contributed by atoms with Gasteiger partial charge in [-0.05, 0) is 69.0 Å². The van der Waals surface area contributed by atoms with Crippen LogP contribution in [-0.2, 0) is 10.0 Å². The van der Waals surface area contributed by atoms with E-state index in [0.717, 1.165) is 37.6 Å². The van der Waals surface area contributed by atoms with Crippen molar-refractivity contribution in [2.45, 2.75) is 68.7 Å². The van der Waals surface area contributed by atoms with Crippen LogP contribution >= 0.6 is 11.6 Å². The fourth-order valence-electron chi connectivity index (χ4n) is 6.10. The minimum Gasteiger partial charge on any atom is -0.336 e. The van der Waals surface area contributed by atoms with Gasteiger partial charge in [-0.2, -0.15) is 4.31 Å². The molecule has 200 valence electrons. The van der Waals surface area contributed by atoms with Crippen molar-refractivity contribution in [1.29, 1.82) is 0 Å². The summed E-state index contributed by atoms with van der Waals surface area (Å²) in [7, 11) is -3.58. The molecule has 37 heavy (non-hydrogen) atoms. The molecule has 0 N–H and O–H groups in total. The summed E-state index contributed by atoms with van der Waals surface area (Å²) in [6.07, 6.45) is 7.84. The van der Waals surface area contributed by atoms with Crippen molar-refractivity contribution < 1.29 is 13.2 Å². The van der Waals surface area contributed by atoms with E-state index in [2.05, 4.69) is 4.90 Å². The number of halogens is 1. The number of carbonyl (C=O) groups is 1. The van der Waals surface area contributed by atoms with E-state index in [1.165, 1.54) is 36.4 Å². The number of piperidine rings is 1. The van der Waals surface area contributed by atoms with Gasteiger partial charge in [0.15, 0.2) is 0 Å². The largest absolute Gasteiger partial charge is 0.336 e. The minimum absolute atomic E-state index is 0.0547. The SMILES string of the molecule is Cc1ccc(C(=O)N2CCN(C3CCCCC3)CC2)c(C2CCN(S(=O)(=O)c3ccc(Cl)cc3)CC2)n1. The molecule has 0 radical (unpaired) electrons. The number of aromatic nitrogens is 1. The number of rotatable bonds is 5. The maximum absolute atomic E-state index is 13.6. The molecular formula is C28H37ClN4O3S. The van der Waals surface area contributed by atoms with E-state index in [0.29, 0.717) is 42.6 Å². The van der Waals surface area contributed by atoms with Crippen LogP contribution in [0, 0.1) is 6.92 Å². The van der Waals surface area contributed by atoms with Crippen molar-refractivity contribution in [1.82, 2.24) is 19.1 Å². The molecule has 2 saturated heterocycles. The van der Waals surface area contributed by atoms with E-state index in [9.17, 15) is 13.2 Å². The summed E-state index contributed by atoms with van der Waals surface area (Å²) in [5, 5.41) is 0.510. The molecule has 3 aliphatic rings.